The predicted molar refractivity (Wildman–Crippen MR) is 97.1 cm³/mol. The number of aromatic nitrogens is 5. The molecule has 7 nitrogen and oxygen atoms in total. The molecule has 26 heavy (non-hydrogen) atoms. The number of rotatable bonds is 5. The molecule has 0 bridgehead atoms. The van der Waals surface area contributed by atoms with Gasteiger partial charge in [-0.25, -0.2) is 9.97 Å². The van der Waals surface area contributed by atoms with Crippen molar-refractivity contribution >= 4 is 5.95 Å². The maximum absolute atomic E-state index is 5.01. The third-order valence-electron chi connectivity index (χ3n) is 3.82. The lowest BCUT2D eigenvalue weighted by atomic mass is 10.1. The zero-order valence-electron chi connectivity index (χ0n) is 14.1. The zero-order chi connectivity index (χ0) is 17.8. The summed E-state index contributed by atoms with van der Waals surface area (Å²) >= 11 is 0. The van der Waals surface area contributed by atoms with Crippen molar-refractivity contribution in [3.63, 3.8) is 0 Å². The largest absolute Gasteiger partial charge is 0.350 e. The van der Waals surface area contributed by atoms with Gasteiger partial charge in [-0.1, -0.05) is 29.4 Å². The first-order valence-electron chi connectivity index (χ1n) is 8.15. The van der Waals surface area contributed by atoms with E-state index in [2.05, 4.69) is 30.4 Å². The molecule has 0 amide bonds. The Morgan fingerprint density at radius 3 is 2.42 bits per heavy atom. The average Bonchev–Trinajstić information content (AvgIpc) is 3.14. The van der Waals surface area contributed by atoms with Crippen LogP contribution in [0.3, 0.4) is 0 Å². The topological polar surface area (TPSA) is 89.6 Å². The minimum atomic E-state index is 0.553. The zero-order valence-corrected chi connectivity index (χ0v) is 14.1. The molecule has 0 saturated heterocycles. The molecule has 0 radical (unpaired) electrons. The third kappa shape index (κ3) is 3.56. The molecule has 0 unspecified atom stereocenters. The molecule has 128 valence electrons. The van der Waals surface area contributed by atoms with E-state index in [1.807, 2.05) is 42.5 Å². The Morgan fingerprint density at radius 1 is 0.885 bits per heavy atom. The van der Waals surface area contributed by atoms with E-state index in [1.54, 1.807) is 25.5 Å². The molecule has 0 saturated carbocycles. The quantitative estimate of drug-likeness (QED) is 0.592. The van der Waals surface area contributed by atoms with Crippen LogP contribution in [0.4, 0.5) is 5.95 Å². The first-order valence-corrected chi connectivity index (χ1v) is 8.15. The molecule has 3 heterocycles. The van der Waals surface area contributed by atoms with Crippen LogP contribution in [-0.2, 0) is 6.54 Å². The molecule has 0 fully saturated rings. The van der Waals surface area contributed by atoms with Gasteiger partial charge in [0.2, 0.25) is 17.7 Å². The molecule has 1 N–H and O–H groups in total. The van der Waals surface area contributed by atoms with E-state index in [1.165, 1.54) is 0 Å². The minimum Gasteiger partial charge on any atom is -0.350 e. The first-order chi connectivity index (χ1) is 12.8. The Hall–Kier alpha value is -3.61. The highest BCUT2D eigenvalue weighted by Gasteiger charge is 2.06. The van der Waals surface area contributed by atoms with Gasteiger partial charge < -0.3 is 9.84 Å². The fourth-order valence-corrected chi connectivity index (χ4v) is 2.50. The second-order valence-corrected chi connectivity index (χ2v) is 5.69. The van der Waals surface area contributed by atoms with Crippen LogP contribution < -0.4 is 5.32 Å². The van der Waals surface area contributed by atoms with Gasteiger partial charge in [-0.05, 0) is 23.8 Å². The van der Waals surface area contributed by atoms with Crippen molar-refractivity contribution in [2.24, 2.45) is 0 Å². The van der Waals surface area contributed by atoms with Crippen molar-refractivity contribution in [3.05, 3.63) is 72.5 Å². The summed E-state index contributed by atoms with van der Waals surface area (Å²) in [5.74, 6) is 1.73. The van der Waals surface area contributed by atoms with E-state index in [9.17, 15) is 0 Å². The van der Waals surface area contributed by atoms with Crippen molar-refractivity contribution in [2.75, 3.05) is 5.32 Å². The van der Waals surface area contributed by atoms with Gasteiger partial charge >= 0.3 is 0 Å². The molecular formula is C19H16N6O. The number of nitrogens with zero attached hydrogens (tertiary/aromatic N) is 5. The predicted octanol–water partition coefficient (Wildman–Crippen LogP) is 3.51. The van der Waals surface area contributed by atoms with E-state index < -0.39 is 0 Å². The van der Waals surface area contributed by atoms with E-state index in [-0.39, 0.29) is 0 Å². The Bertz CT molecular complexity index is 998. The maximum Gasteiger partial charge on any atom is 0.223 e. The van der Waals surface area contributed by atoms with Gasteiger partial charge in [-0.3, -0.25) is 4.98 Å². The molecule has 0 aliphatic heterocycles. The summed E-state index contributed by atoms with van der Waals surface area (Å²) in [6.45, 7) is 2.39. The second kappa shape index (κ2) is 7.10. The lowest BCUT2D eigenvalue weighted by Gasteiger charge is -2.07. The van der Waals surface area contributed by atoms with Crippen LogP contribution in [0.1, 0.15) is 11.5 Å². The van der Waals surface area contributed by atoms with E-state index in [4.69, 9.17) is 4.52 Å². The minimum absolute atomic E-state index is 0.553. The molecule has 3 aromatic heterocycles. The SMILES string of the molecule is Cc1nc(-c2ccc(CNc3nccc(-c4ccncc4)n3)cc2)no1. The van der Waals surface area contributed by atoms with Gasteiger partial charge in [0.1, 0.15) is 0 Å². The van der Waals surface area contributed by atoms with Gasteiger partial charge in [0, 0.05) is 43.2 Å². The summed E-state index contributed by atoms with van der Waals surface area (Å²) in [5.41, 5.74) is 3.88. The van der Waals surface area contributed by atoms with Gasteiger partial charge in [0.25, 0.3) is 0 Å². The Kier molecular flexibility index (Phi) is 4.34. The number of nitrogens with one attached hydrogen (secondary N) is 1. The molecule has 4 aromatic rings. The molecule has 7 heteroatoms. The van der Waals surface area contributed by atoms with Gasteiger partial charge in [0.05, 0.1) is 5.69 Å². The summed E-state index contributed by atoms with van der Waals surface area (Å²) in [6.07, 6.45) is 5.24. The number of anilines is 1. The summed E-state index contributed by atoms with van der Waals surface area (Å²) in [5, 5.41) is 7.17. The van der Waals surface area contributed by atoms with Crippen molar-refractivity contribution in [3.8, 4) is 22.6 Å². The maximum atomic E-state index is 5.01. The number of aryl methyl sites for hydroxylation is 1. The van der Waals surface area contributed by atoms with Gasteiger partial charge in [0.15, 0.2) is 0 Å². The normalized spacial score (nSPS) is 10.7. The fraction of sp³-hybridized carbons (Fsp3) is 0.105. The first kappa shape index (κ1) is 15.9. The summed E-state index contributed by atoms with van der Waals surface area (Å²) in [6, 6.07) is 13.7. The van der Waals surface area contributed by atoms with E-state index >= 15 is 0 Å². The van der Waals surface area contributed by atoms with E-state index in [0.29, 0.717) is 24.2 Å². The molecule has 4 rings (SSSR count). The highest BCUT2D eigenvalue weighted by atomic mass is 16.5. The molecular weight excluding hydrogens is 328 g/mol. The van der Waals surface area contributed by atoms with Gasteiger partial charge in [-0.15, -0.1) is 0 Å². The lowest BCUT2D eigenvalue weighted by molar-refractivity contribution is 0.394. The highest BCUT2D eigenvalue weighted by Crippen LogP contribution is 2.18. The summed E-state index contributed by atoms with van der Waals surface area (Å²) in [7, 11) is 0. The number of hydrogen-bond acceptors (Lipinski definition) is 7. The van der Waals surface area contributed by atoms with Crippen LogP contribution in [0, 0.1) is 6.92 Å². The van der Waals surface area contributed by atoms with Gasteiger partial charge in [-0.2, -0.15) is 4.98 Å². The highest BCUT2D eigenvalue weighted by molar-refractivity contribution is 5.59. The molecule has 0 atom stereocenters. The van der Waals surface area contributed by atoms with Crippen LogP contribution in [0.5, 0.6) is 0 Å². The molecule has 0 spiro atoms. The number of benzene rings is 1. The Morgan fingerprint density at radius 2 is 1.69 bits per heavy atom. The van der Waals surface area contributed by atoms with Crippen molar-refractivity contribution in [1.82, 2.24) is 25.1 Å². The van der Waals surface area contributed by atoms with Crippen LogP contribution in [0.15, 0.2) is 65.6 Å². The Labute approximate surface area is 150 Å². The summed E-state index contributed by atoms with van der Waals surface area (Å²) < 4.78 is 5.01. The molecule has 0 aliphatic carbocycles. The number of hydrogen-bond donors (Lipinski definition) is 1. The molecule has 1 aromatic carbocycles. The van der Waals surface area contributed by atoms with Crippen molar-refractivity contribution < 1.29 is 4.52 Å². The van der Waals surface area contributed by atoms with E-state index in [0.717, 1.165) is 22.4 Å². The van der Waals surface area contributed by atoms with Crippen LogP contribution in [-0.4, -0.2) is 25.1 Å². The van der Waals surface area contributed by atoms with Crippen molar-refractivity contribution in [1.29, 1.82) is 0 Å². The average molecular weight is 344 g/mol. The van der Waals surface area contributed by atoms with Crippen LogP contribution in [0.2, 0.25) is 0 Å². The van der Waals surface area contributed by atoms with Crippen LogP contribution in [0.25, 0.3) is 22.6 Å². The fourth-order valence-electron chi connectivity index (χ4n) is 2.50. The standard InChI is InChI=1S/C19H16N6O/c1-13-23-18(25-26-13)16-4-2-14(3-5-16)12-22-19-21-11-8-17(24-19)15-6-9-20-10-7-15/h2-11H,12H2,1H3,(H,21,22,24). The van der Waals surface area contributed by atoms with Crippen LogP contribution >= 0.6 is 0 Å². The van der Waals surface area contributed by atoms with Crippen molar-refractivity contribution in [2.45, 2.75) is 13.5 Å². The second-order valence-electron chi connectivity index (χ2n) is 5.69. The monoisotopic (exact) mass is 344 g/mol. The Balaban J connectivity index is 1.44. The lowest BCUT2D eigenvalue weighted by Crippen LogP contribution is -2.04. The summed E-state index contributed by atoms with van der Waals surface area (Å²) in [4.78, 5) is 17.1. The third-order valence-corrected chi connectivity index (χ3v) is 3.82. The molecule has 0 aliphatic rings. The number of pyridine rings is 1. The smallest absolute Gasteiger partial charge is 0.223 e.